The Hall–Kier alpha value is -1.71. The highest BCUT2D eigenvalue weighted by molar-refractivity contribution is 5.67. The van der Waals surface area contributed by atoms with E-state index in [0.29, 0.717) is 24.5 Å². The Morgan fingerprint density at radius 2 is 2.27 bits per heavy atom. The molecule has 0 aliphatic rings. The van der Waals surface area contributed by atoms with Crippen molar-refractivity contribution in [2.24, 2.45) is 0 Å². The van der Waals surface area contributed by atoms with Crippen molar-refractivity contribution < 1.29 is 14.6 Å². The third-order valence-corrected chi connectivity index (χ3v) is 2.01. The zero-order chi connectivity index (χ0) is 11.3. The molecule has 0 fully saturated rings. The monoisotopic (exact) mass is 209 g/mol. The molecule has 0 atom stereocenters. The van der Waals surface area contributed by atoms with Crippen molar-refractivity contribution in [3.63, 3.8) is 0 Å². The topological polar surface area (TPSA) is 72.5 Å². The summed E-state index contributed by atoms with van der Waals surface area (Å²) in [6.07, 6.45) is 0.616. The molecule has 0 saturated carbocycles. The molecule has 0 aliphatic heterocycles. The van der Waals surface area contributed by atoms with Crippen molar-refractivity contribution in [2.75, 3.05) is 12.3 Å². The van der Waals surface area contributed by atoms with Crippen LogP contribution in [0.5, 0.6) is 5.75 Å². The molecule has 1 aromatic carbocycles. The van der Waals surface area contributed by atoms with Crippen LogP contribution in [-0.2, 0) is 11.2 Å². The normalized spacial score (nSPS) is 9.93. The predicted molar refractivity (Wildman–Crippen MR) is 58.0 cm³/mol. The highest BCUT2D eigenvalue weighted by Gasteiger charge is 2.03. The zero-order valence-electron chi connectivity index (χ0n) is 8.69. The van der Waals surface area contributed by atoms with Gasteiger partial charge in [0.1, 0.15) is 5.75 Å². The van der Waals surface area contributed by atoms with Gasteiger partial charge in [0.25, 0.3) is 0 Å². The lowest BCUT2D eigenvalue weighted by Crippen LogP contribution is -2.00. The van der Waals surface area contributed by atoms with Crippen LogP contribution in [0.2, 0.25) is 0 Å². The molecule has 4 heteroatoms. The van der Waals surface area contributed by atoms with Crippen molar-refractivity contribution in [3.8, 4) is 5.75 Å². The molecule has 4 nitrogen and oxygen atoms in total. The Kier molecular flexibility index (Phi) is 3.97. The zero-order valence-corrected chi connectivity index (χ0v) is 8.69. The van der Waals surface area contributed by atoms with Crippen LogP contribution in [0.1, 0.15) is 18.9 Å². The molecule has 0 spiro atoms. The van der Waals surface area contributed by atoms with E-state index >= 15 is 0 Å². The van der Waals surface area contributed by atoms with Crippen molar-refractivity contribution in [3.05, 3.63) is 23.8 Å². The van der Waals surface area contributed by atoms with Crippen molar-refractivity contribution >= 4 is 11.7 Å². The maximum absolute atomic E-state index is 10.4. The molecule has 1 rings (SSSR count). The van der Waals surface area contributed by atoms with Gasteiger partial charge in [-0.25, -0.2) is 0 Å². The summed E-state index contributed by atoms with van der Waals surface area (Å²) < 4.78 is 5.31. The van der Waals surface area contributed by atoms with Gasteiger partial charge in [-0.1, -0.05) is 6.07 Å². The maximum atomic E-state index is 10.4. The third kappa shape index (κ3) is 3.50. The number of aliphatic carboxylic acids is 1. The predicted octanol–water partition coefficient (Wildman–Crippen LogP) is 1.68. The molecule has 0 saturated heterocycles. The van der Waals surface area contributed by atoms with E-state index in [4.69, 9.17) is 15.6 Å². The summed E-state index contributed by atoms with van der Waals surface area (Å²) in [7, 11) is 0. The number of ether oxygens (including phenoxy) is 1. The second kappa shape index (κ2) is 5.24. The molecule has 3 N–H and O–H groups in total. The van der Waals surface area contributed by atoms with Gasteiger partial charge in [-0.2, -0.15) is 0 Å². The molecule has 1 aromatic rings. The van der Waals surface area contributed by atoms with Crippen LogP contribution in [0.3, 0.4) is 0 Å². The number of aryl methyl sites for hydroxylation is 1. The highest BCUT2D eigenvalue weighted by atomic mass is 16.5. The third-order valence-electron chi connectivity index (χ3n) is 2.01. The second-order valence-electron chi connectivity index (χ2n) is 3.20. The van der Waals surface area contributed by atoms with E-state index in [1.165, 1.54) is 0 Å². The Bertz CT molecular complexity index is 350. The van der Waals surface area contributed by atoms with Crippen LogP contribution in [0.4, 0.5) is 5.69 Å². The van der Waals surface area contributed by atoms with Gasteiger partial charge in [-0.3, -0.25) is 4.79 Å². The molecule has 15 heavy (non-hydrogen) atoms. The summed E-state index contributed by atoms with van der Waals surface area (Å²) in [5.41, 5.74) is 7.20. The molecule has 0 radical (unpaired) electrons. The first-order chi connectivity index (χ1) is 7.13. The number of nitrogens with two attached hydrogens (primary N) is 1. The highest BCUT2D eigenvalue weighted by Crippen LogP contribution is 2.23. The summed E-state index contributed by atoms with van der Waals surface area (Å²) in [4.78, 5) is 10.4. The van der Waals surface area contributed by atoms with Crippen LogP contribution in [0.25, 0.3) is 0 Å². The number of benzene rings is 1. The van der Waals surface area contributed by atoms with Crippen LogP contribution in [-0.4, -0.2) is 17.7 Å². The molecule has 0 aromatic heterocycles. The molecule has 0 bridgehead atoms. The van der Waals surface area contributed by atoms with Crippen LogP contribution < -0.4 is 10.5 Å². The number of hydrogen-bond acceptors (Lipinski definition) is 3. The van der Waals surface area contributed by atoms with Crippen molar-refractivity contribution in [1.29, 1.82) is 0 Å². The molecule has 0 unspecified atom stereocenters. The molecular weight excluding hydrogens is 194 g/mol. The number of carboxylic acids is 1. The largest absolute Gasteiger partial charge is 0.492 e. The van der Waals surface area contributed by atoms with Crippen LogP contribution in [0.15, 0.2) is 18.2 Å². The van der Waals surface area contributed by atoms with Gasteiger partial charge >= 0.3 is 5.97 Å². The summed E-state index contributed by atoms with van der Waals surface area (Å²) >= 11 is 0. The van der Waals surface area contributed by atoms with Crippen LogP contribution >= 0.6 is 0 Å². The first-order valence-corrected chi connectivity index (χ1v) is 4.86. The molecule has 0 heterocycles. The lowest BCUT2D eigenvalue weighted by molar-refractivity contribution is -0.136. The number of carboxylic acid groups (broad SMARTS) is 1. The number of nitrogen functional groups attached to an aromatic ring is 1. The van der Waals surface area contributed by atoms with Gasteiger partial charge in [0.2, 0.25) is 0 Å². The summed E-state index contributed by atoms with van der Waals surface area (Å²) in [6, 6.07) is 5.35. The van der Waals surface area contributed by atoms with Crippen molar-refractivity contribution in [2.45, 2.75) is 19.8 Å². The fourth-order valence-corrected chi connectivity index (χ4v) is 1.27. The minimum atomic E-state index is -0.801. The SMILES string of the molecule is CCOc1cc(CCC(=O)O)ccc1N. The van der Waals surface area contributed by atoms with Gasteiger partial charge in [-0.15, -0.1) is 0 Å². The maximum Gasteiger partial charge on any atom is 0.303 e. The van der Waals surface area contributed by atoms with Gasteiger partial charge in [-0.05, 0) is 31.0 Å². The molecular formula is C11H15NO3. The Balaban J connectivity index is 2.73. The number of carbonyl (C=O) groups is 1. The fourth-order valence-electron chi connectivity index (χ4n) is 1.27. The van der Waals surface area contributed by atoms with E-state index in [-0.39, 0.29) is 6.42 Å². The number of hydrogen-bond donors (Lipinski definition) is 2. The van der Waals surface area contributed by atoms with E-state index < -0.39 is 5.97 Å². The number of anilines is 1. The second-order valence-corrected chi connectivity index (χ2v) is 3.20. The Morgan fingerprint density at radius 3 is 2.87 bits per heavy atom. The van der Waals surface area contributed by atoms with Gasteiger partial charge < -0.3 is 15.6 Å². The first kappa shape index (κ1) is 11.4. The smallest absolute Gasteiger partial charge is 0.303 e. The summed E-state index contributed by atoms with van der Waals surface area (Å²) in [5.74, 6) is -0.176. The lowest BCUT2D eigenvalue weighted by atomic mass is 10.1. The quantitative estimate of drug-likeness (QED) is 0.724. The lowest BCUT2D eigenvalue weighted by Gasteiger charge is -2.08. The van der Waals surface area contributed by atoms with Crippen molar-refractivity contribution in [1.82, 2.24) is 0 Å². The van der Waals surface area contributed by atoms with E-state index in [1.54, 1.807) is 12.1 Å². The number of rotatable bonds is 5. The van der Waals surface area contributed by atoms with Gasteiger partial charge in [0.15, 0.2) is 0 Å². The minimum absolute atomic E-state index is 0.121. The summed E-state index contributed by atoms with van der Waals surface area (Å²) in [6.45, 7) is 2.43. The Morgan fingerprint density at radius 1 is 1.53 bits per heavy atom. The fraction of sp³-hybridized carbons (Fsp3) is 0.364. The van der Waals surface area contributed by atoms with E-state index in [0.717, 1.165) is 5.56 Å². The standard InChI is InChI=1S/C11H15NO3/c1-2-15-10-7-8(3-5-9(10)12)4-6-11(13)14/h3,5,7H,2,4,6,12H2,1H3,(H,13,14). The van der Waals surface area contributed by atoms with Crippen LogP contribution in [0, 0.1) is 0 Å². The summed E-state index contributed by atoms with van der Waals surface area (Å²) in [5, 5.41) is 8.55. The first-order valence-electron chi connectivity index (χ1n) is 4.86. The van der Waals surface area contributed by atoms with E-state index in [9.17, 15) is 4.79 Å². The van der Waals surface area contributed by atoms with Gasteiger partial charge in [0.05, 0.1) is 12.3 Å². The molecule has 82 valence electrons. The minimum Gasteiger partial charge on any atom is -0.492 e. The van der Waals surface area contributed by atoms with E-state index in [2.05, 4.69) is 0 Å². The van der Waals surface area contributed by atoms with E-state index in [1.807, 2.05) is 13.0 Å². The Labute approximate surface area is 88.7 Å². The molecule has 0 aliphatic carbocycles. The molecule has 0 amide bonds. The van der Waals surface area contributed by atoms with Gasteiger partial charge in [0, 0.05) is 6.42 Å². The average molecular weight is 209 g/mol. The average Bonchev–Trinajstić information content (AvgIpc) is 2.19.